The first-order valence-electron chi connectivity index (χ1n) is 6.17. The van der Waals surface area contributed by atoms with Crippen LogP contribution in [0.4, 0.5) is 0 Å². The summed E-state index contributed by atoms with van der Waals surface area (Å²) >= 11 is 0. The van der Waals surface area contributed by atoms with Crippen molar-refractivity contribution < 1.29 is 4.79 Å². The average molecular weight is 212 g/mol. The van der Waals surface area contributed by atoms with Crippen LogP contribution in [0.15, 0.2) is 0 Å². The number of amides is 1. The first kappa shape index (κ1) is 12.5. The monoisotopic (exact) mass is 212 g/mol. The molecule has 1 amide bonds. The normalized spacial score (nSPS) is 28.5. The fourth-order valence-corrected chi connectivity index (χ4v) is 1.98. The van der Waals surface area contributed by atoms with E-state index in [4.69, 9.17) is 0 Å². The van der Waals surface area contributed by atoms with Crippen LogP contribution in [0.1, 0.15) is 46.5 Å². The summed E-state index contributed by atoms with van der Waals surface area (Å²) in [4.78, 5) is 11.6. The molecule has 0 aliphatic carbocycles. The molecule has 88 valence electrons. The minimum Gasteiger partial charge on any atom is -0.354 e. The highest BCUT2D eigenvalue weighted by atomic mass is 16.1. The van der Waals surface area contributed by atoms with Gasteiger partial charge in [-0.25, -0.2) is 0 Å². The van der Waals surface area contributed by atoms with Gasteiger partial charge in [0.15, 0.2) is 0 Å². The number of carbonyl (C=O) groups is 1. The fraction of sp³-hybridized carbons (Fsp3) is 0.917. The zero-order valence-electron chi connectivity index (χ0n) is 10.2. The van der Waals surface area contributed by atoms with Crippen LogP contribution in [0.25, 0.3) is 0 Å². The van der Waals surface area contributed by atoms with Crippen molar-refractivity contribution in [3.63, 3.8) is 0 Å². The number of carbonyl (C=O) groups excluding carboxylic acids is 1. The molecule has 3 nitrogen and oxygen atoms in total. The van der Waals surface area contributed by atoms with E-state index in [9.17, 15) is 4.79 Å². The predicted molar refractivity (Wildman–Crippen MR) is 62.7 cm³/mol. The van der Waals surface area contributed by atoms with E-state index in [1.165, 1.54) is 19.3 Å². The van der Waals surface area contributed by atoms with Crippen molar-refractivity contribution in [1.29, 1.82) is 0 Å². The van der Waals surface area contributed by atoms with E-state index in [0.717, 1.165) is 13.0 Å². The lowest BCUT2D eigenvalue weighted by Gasteiger charge is -2.29. The van der Waals surface area contributed by atoms with Crippen molar-refractivity contribution in [2.45, 2.75) is 58.5 Å². The molecule has 1 saturated heterocycles. The molecular formula is C12H24N2O. The average Bonchev–Trinajstić information content (AvgIpc) is 2.25. The molecule has 1 aliphatic rings. The van der Waals surface area contributed by atoms with Gasteiger partial charge in [-0.1, -0.05) is 20.3 Å². The molecular weight excluding hydrogens is 188 g/mol. The molecule has 2 N–H and O–H groups in total. The molecule has 3 atom stereocenters. The summed E-state index contributed by atoms with van der Waals surface area (Å²) in [6.45, 7) is 7.02. The Labute approximate surface area is 93.0 Å². The minimum absolute atomic E-state index is 0.144. The van der Waals surface area contributed by atoms with Crippen LogP contribution in [0.3, 0.4) is 0 Å². The summed E-state index contributed by atoms with van der Waals surface area (Å²) in [5, 5.41) is 6.54. The topological polar surface area (TPSA) is 41.1 Å². The van der Waals surface area contributed by atoms with E-state index in [-0.39, 0.29) is 11.8 Å². The van der Waals surface area contributed by atoms with Gasteiger partial charge < -0.3 is 10.6 Å². The van der Waals surface area contributed by atoms with E-state index in [1.807, 2.05) is 13.8 Å². The predicted octanol–water partition coefficient (Wildman–Crippen LogP) is 1.68. The second kappa shape index (κ2) is 6.11. The molecule has 15 heavy (non-hydrogen) atoms. The molecule has 0 aromatic heterocycles. The number of hydrogen-bond acceptors (Lipinski definition) is 2. The Morgan fingerprint density at radius 2 is 2.27 bits per heavy atom. The minimum atomic E-state index is 0.144. The summed E-state index contributed by atoms with van der Waals surface area (Å²) in [5.41, 5.74) is 0. The van der Waals surface area contributed by atoms with E-state index in [0.29, 0.717) is 12.1 Å². The van der Waals surface area contributed by atoms with E-state index in [1.54, 1.807) is 0 Å². The van der Waals surface area contributed by atoms with Crippen LogP contribution in [0, 0.1) is 5.92 Å². The number of nitrogens with one attached hydrogen (secondary N) is 2. The second-order valence-electron chi connectivity index (χ2n) is 4.75. The van der Waals surface area contributed by atoms with Gasteiger partial charge >= 0.3 is 0 Å². The van der Waals surface area contributed by atoms with Crippen molar-refractivity contribution in [1.82, 2.24) is 10.6 Å². The van der Waals surface area contributed by atoms with Gasteiger partial charge in [0.1, 0.15) is 0 Å². The zero-order chi connectivity index (χ0) is 11.3. The van der Waals surface area contributed by atoms with Crippen LogP contribution >= 0.6 is 0 Å². The van der Waals surface area contributed by atoms with Gasteiger partial charge in [0, 0.05) is 24.5 Å². The second-order valence-corrected chi connectivity index (χ2v) is 4.75. The van der Waals surface area contributed by atoms with Crippen LogP contribution in [-0.4, -0.2) is 24.5 Å². The molecule has 0 radical (unpaired) electrons. The highest BCUT2D eigenvalue weighted by Crippen LogP contribution is 2.11. The standard InChI is InChI=1S/C12H24N2O/c1-4-9(2)12(15)13-8-11-7-5-6-10(3)14-11/h9-11,14H,4-8H2,1-3H3,(H,13,15). The molecule has 1 aliphatic heterocycles. The van der Waals surface area contributed by atoms with Crippen LogP contribution < -0.4 is 10.6 Å². The molecule has 0 spiro atoms. The summed E-state index contributed by atoms with van der Waals surface area (Å²) in [7, 11) is 0. The first-order valence-corrected chi connectivity index (χ1v) is 6.17. The van der Waals surface area contributed by atoms with Crippen LogP contribution in [-0.2, 0) is 4.79 Å². The molecule has 0 bridgehead atoms. The quantitative estimate of drug-likeness (QED) is 0.744. The maximum Gasteiger partial charge on any atom is 0.222 e. The lowest BCUT2D eigenvalue weighted by Crippen LogP contribution is -2.47. The number of hydrogen-bond donors (Lipinski definition) is 2. The van der Waals surface area contributed by atoms with E-state index >= 15 is 0 Å². The molecule has 3 unspecified atom stereocenters. The van der Waals surface area contributed by atoms with Gasteiger partial charge in [-0.05, 0) is 26.2 Å². The Bertz CT molecular complexity index is 206. The van der Waals surface area contributed by atoms with Gasteiger partial charge in [-0.2, -0.15) is 0 Å². The molecule has 1 heterocycles. The van der Waals surface area contributed by atoms with E-state index < -0.39 is 0 Å². The molecule has 0 saturated carbocycles. The molecule has 1 rings (SSSR count). The van der Waals surface area contributed by atoms with Gasteiger partial charge in [0.2, 0.25) is 5.91 Å². The Hall–Kier alpha value is -0.570. The molecule has 3 heteroatoms. The summed E-state index contributed by atoms with van der Waals surface area (Å²) < 4.78 is 0. The van der Waals surface area contributed by atoms with E-state index in [2.05, 4.69) is 17.6 Å². The van der Waals surface area contributed by atoms with Crippen molar-refractivity contribution in [3.05, 3.63) is 0 Å². The highest BCUT2D eigenvalue weighted by Gasteiger charge is 2.18. The first-order chi connectivity index (χ1) is 7.13. The number of rotatable bonds is 4. The van der Waals surface area contributed by atoms with Gasteiger partial charge in [-0.3, -0.25) is 4.79 Å². The molecule has 1 fully saturated rings. The Kier molecular flexibility index (Phi) is 5.09. The largest absolute Gasteiger partial charge is 0.354 e. The summed E-state index contributed by atoms with van der Waals surface area (Å²) in [5.74, 6) is 0.337. The zero-order valence-corrected chi connectivity index (χ0v) is 10.2. The third-order valence-corrected chi connectivity index (χ3v) is 3.29. The highest BCUT2D eigenvalue weighted by molar-refractivity contribution is 5.78. The van der Waals surface area contributed by atoms with Gasteiger partial charge in [0.05, 0.1) is 0 Å². The van der Waals surface area contributed by atoms with Crippen LogP contribution in [0.2, 0.25) is 0 Å². The number of piperidine rings is 1. The molecule has 0 aromatic carbocycles. The maximum atomic E-state index is 11.6. The maximum absolute atomic E-state index is 11.6. The van der Waals surface area contributed by atoms with Crippen LogP contribution in [0.5, 0.6) is 0 Å². The lowest BCUT2D eigenvalue weighted by molar-refractivity contribution is -0.124. The van der Waals surface area contributed by atoms with Gasteiger partial charge in [0.25, 0.3) is 0 Å². The van der Waals surface area contributed by atoms with Crippen molar-refractivity contribution in [2.75, 3.05) is 6.54 Å². The van der Waals surface area contributed by atoms with Crippen molar-refractivity contribution >= 4 is 5.91 Å². The summed E-state index contributed by atoms with van der Waals surface area (Å²) in [6, 6.07) is 1.08. The smallest absolute Gasteiger partial charge is 0.222 e. The Morgan fingerprint density at radius 1 is 1.53 bits per heavy atom. The lowest BCUT2D eigenvalue weighted by atomic mass is 9.99. The summed E-state index contributed by atoms with van der Waals surface area (Å²) in [6.07, 6.45) is 4.64. The van der Waals surface area contributed by atoms with Crippen molar-refractivity contribution in [3.8, 4) is 0 Å². The van der Waals surface area contributed by atoms with Crippen molar-refractivity contribution in [2.24, 2.45) is 5.92 Å². The Balaban J connectivity index is 2.21. The third-order valence-electron chi connectivity index (χ3n) is 3.29. The van der Waals surface area contributed by atoms with Gasteiger partial charge in [-0.15, -0.1) is 0 Å². The third kappa shape index (κ3) is 4.20. The molecule has 0 aromatic rings. The Morgan fingerprint density at radius 3 is 2.87 bits per heavy atom. The SMILES string of the molecule is CCC(C)C(=O)NCC1CCCC(C)N1. The fourth-order valence-electron chi connectivity index (χ4n) is 1.98.